The van der Waals surface area contributed by atoms with E-state index in [0.29, 0.717) is 33.8 Å². The normalized spacial score (nSPS) is 11.7. The van der Waals surface area contributed by atoms with Gasteiger partial charge in [-0.2, -0.15) is 0 Å². The molecule has 9 heteroatoms. The molecule has 4 rings (SSSR count). The summed E-state index contributed by atoms with van der Waals surface area (Å²) in [5.74, 6) is 0.480. The average molecular weight is 520 g/mol. The van der Waals surface area contributed by atoms with Gasteiger partial charge in [0, 0.05) is 22.0 Å². The Morgan fingerprint density at radius 2 is 1.69 bits per heavy atom. The lowest BCUT2D eigenvalue weighted by Gasteiger charge is -2.15. The zero-order valence-corrected chi connectivity index (χ0v) is 21.7. The van der Waals surface area contributed by atoms with Crippen LogP contribution in [-0.4, -0.2) is 31.7 Å². The van der Waals surface area contributed by atoms with Crippen LogP contribution in [0.3, 0.4) is 0 Å². The Morgan fingerprint density at radius 3 is 2.36 bits per heavy atom. The molecule has 0 fully saturated rings. The van der Waals surface area contributed by atoms with Crippen LogP contribution in [-0.2, 0) is 11.3 Å². The molecule has 1 atom stereocenters. The maximum atomic E-state index is 12.9. The summed E-state index contributed by atoms with van der Waals surface area (Å²) in [4.78, 5) is 24.4. The fraction of sp³-hybridized carbons (Fsp3) is 0.185. The molecular formula is C27H26ClN5O2S. The van der Waals surface area contributed by atoms with E-state index in [-0.39, 0.29) is 11.7 Å². The summed E-state index contributed by atoms with van der Waals surface area (Å²) in [7, 11) is 0. The zero-order valence-electron chi connectivity index (χ0n) is 20.2. The minimum atomic E-state index is -0.461. The lowest BCUT2D eigenvalue weighted by atomic mass is 10.1. The molecule has 0 aliphatic rings. The van der Waals surface area contributed by atoms with Crippen LogP contribution in [0.5, 0.6) is 0 Å². The highest BCUT2D eigenvalue weighted by atomic mass is 35.5. The third-order valence-electron chi connectivity index (χ3n) is 5.48. The van der Waals surface area contributed by atoms with Crippen LogP contribution in [0.15, 0.2) is 78.0 Å². The number of carbonyl (C=O) groups is 2. The van der Waals surface area contributed by atoms with Gasteiger partial charge in [0.05, 0.1) is 17.5 Å². The standard InChI is InChI=1S/C27H26ClN5O2S/c1-17-7-11-22(12-8-17)29-16-25-31-32-27(33(25)24-6-4-5-21(28)15-24)36-19(3)26(35)30-23-13-9-20(10-14-23)18(2)34/h4-15,19,29H,16H2,1-3H3,(H,30,35)/t19-/m1/s1. The highest BCUT2D eigenvalue weighted by molar-refractivity contribution is 8.00. The SMILES string of the molecule is CC(=O)c1ccc(NC(=O)[C@@H](C)Sc2nnc(CNc3ccc(C)cc3)n2-c2cccc(Cl)c2)cc1. The number of thioether (sulfide) groups is 1. The van der Waals surface area contributed by atoms with E-state index in [4.69, 9.17) is 11.6 Å². The van der Waals surface area contributed by atoms with Crippen LogP contribution in [0.1, 0.15) is 35.6 Å². The molecule has 0 aliphatic carbocycles. The van der Waals surface area contributed by atoms with Crippen molar-refractivity contribution in [2.24, 2.45) is 0 Å². The number of ketones is 1. The molecule has 36 heavy (non-hydrogen) atoms. The van der Waals surface area contributed by atoms with Gasteiger partial charge in [-0.05, 0) is 75.4 Å². The van der Waals surface area contributed by atoms with Crippen LogP contribution < -0.4 is 10.6 Å². The average Bonchev–Trinajstić information content (AvgIpc) is 3.26. The van der Waals surface area contributed by atoms with E-state index in [2.05, 4.69) is 20.8 Å². The number of nitrogens with one attached hydrogen (secondary N) is 2. The molecule has 1 amide bonds. The van der Waals surface area contributed by atoms with Crippen LogP contribution in [0, 0.1) is 6.92 Å². The summed E-state index contributed by atoms with van der Waals surface area (Å²) in [5, 5.41) is 15.8. The number of carbonyl (C=O) groups excluding carboxylic acids is 2. The number of nitrogens with zero attached hydrogens (tertiary/aromatic N) is 3. The molecule has 1 aromatic heterocycles. The van der Waals surface area contributed by atoms with Crippen molar-refractivity contribution in [3.05, 3.63) is 94.8 Å². The summed E-state index contributed by atoms with van der Waals surface area (Å²) < 4.78 is 1.91. The molecule has 3 aromatic carbocycles. The summed E-state index contributed by atoms with van der Waals surface area (Å²) in [6.45, 7) is 5.80. The second-order valence-electron chi connectivity index (χ2n) is 8.32. The molecule has 0 bridgehead atoms. The van der Waals surface area contributed by atoms with Gasteiger partial charge in [0.25, 0.3) is 0 Å². The third-order valence-corrected chi connectivity index (χ3v) is 6.76. The maximum absolute atomic E-state index is 12.9. The van der Waals surface area contributed by atoms with E-state index in [9.17, 15) is 9.59 Å². The van der Waals surface area contributed by atoms with Crippen molar-refractivity contribution in [1.82, 2.24) is 14.8 Å². The van der Waals surface area contributed by atoms with E-state index in [0.717, 1.165) is 11.4 Å². The highest BCUT2D eigenvalue weighted by Gasteiger charge is 2.21. The van der Waals surface area contributed by atoms with Gasteiger partial charge in [0.15, 0.2) is 16.8 Å². The second-order valence-corrected chi connectivity index (χ2v) is 10.1. The molecule has 0 saturated heterocycles. The van der Waals surface area contributed by atoms with Crippen molar-refractivity contribution >= 4 is 46.4 Å². The predicted octanol–water partition coefficient (Wildman–Crippen LogP) is 6.16. The summed E-state index contributed by atoms with van der Waals surface area (Å²) in [5.41, 5.74) is 4.18. The topological polar surface area (TPSA) is 88.9 Å². The zero-order chi connectivity index (χ0) is 25.7. The predicted molar refractivity (Wildman–Crippen MR) is 145 cm³/mol. The number of anilines is 2. The first-order valence-corrected chi connectivity index (χ1v) is 12.6. The molecule has 0 unspecified atom stereocenters. The lowest BCUT2D eigenvalue weighted by Crippen LogP contribution is -2.23. The Balaban J connectivity index is 1.53. The minimum Gasteiger partial charge on any atom is -0.378 e. The second kappa shape index (κ2) is 11.4. The van der Waals surface area contributed by atoms with Crippen LogP contribution in [0.4, 0.5) is 11.4 Å². The molecule has 0 saturated carbocycles. The lowest BCUT2D eigenvalue weighted by molar-refractivity contribution is -0.115. The maximum Gasteiger partial charge on any atom is 0.237 e. The summed E-state index contributed by atoms with van der Waals surface area (Å²) in [6.07, 6.45) is 0. The van der Waals surface area contributed by atoms with Gasteiger partial charge < -0.3 is 10.6 Å². The van der Waals surface area contributed by atoms with E-state index in [1.165, 1.54) is 24.2 Å². The van der Waals surface area contributed by atoms with E-state index < -0.39 is 5.25 Å². The molecule has 1 heterocycles. The Hall–Kier alpha value is -3.62. The number of aromatic nitrogens is 3. The summed E-state index contributed by atoms with van der Waals surface area (Å²) in [6, 6.07) is 22.4. The molecule has 0 radical (unpaired) electrons. The number of hydrogen-bond donors (Lipinski definition) is 2. The number of amides is 1. The molecule has 7 nitrogen and oxygen atoms in total. The number of rotatable bonds is 9. The Morgan fingerprint density at radius 1 is 1.00 bits per heavy atom. The number of hydrogen-bond acceptors (Lipinski definition) is 6. The van der Waals surface area contributed by atoms with Gasteiger partial charge in [0.1, 0.15) is 0 Å². The molecule has 184 valence electrons. The van der Waals surface area contributed by atoms with Gasteiger partial charge in [-0.15, -0.1) is 10.2 Å². The fourth-order valence-electron chi connectivity index (χ4n) is 3.46. The first kappa shape index (κ1) is 25.5. The Kier molecular flexibility index (Phi) is 8.07. The first-order chi connectivity index (χ1) is 17.3. The van der Waals surface area contributed by atoms with Crippen molar-refractivity contribution in [1.29, 1.82) is 0 Å². The quantitative estimate of drug-likeness (QED) is 0.203. The number of Topliss-reactive ketones (excluding diaryl/α,β-unsaturated/α-hetero) is 1. The van der Waals surface area contributed by atoms with E-state index in [1.54, 1.807) is 30.3 Å². The molecule has 4 aromatic rings. The third kappa shape index (κ3) is 6.33. The first-order valence-electron chi connectivity index (χ1n) is 11.4. The van der Waals surface area contributed by atoms with Gasteiger partial charge in [-0.25, -0.2) is 0 Å². The molecular weight excluding hydrogens is 494 g/mol. The molecule has 2 N–H and O–H groups in total. The number of benzene rings is 3. The van der Waals surface area contributed by atoms with E-state index in [1.807, 2.05) is 60.9 Å². The monoisotopic (exact) mass is 519 g/mol. The molecule has 0 aliphatic heterocycles. The Labute approximate surface area is 219 Å². The summed E-state index contributed by atoms with van der Waals surface area (Å²) >= 11 is 7.57. The largest absolute Gasteiger partial charge is 0.378 e. The van der Waals surface area contributed by atoms with Crippen LogP contribution in [0.2, 0.25) is 5.02 Å². The van der Waals surface area contributed by atoms with Crippen molar-refractivity contribution < 1.29 is 9.59 Å². The highest BCUT2D eigenvalue weighted by Crippen LogP contribution is 2.28. The van der Waals surface area contributed by atoms with Gasteiger partial charge >= 0.3 is 0 Å². The van der Waals surface area contributed by atoms with Crippen molar-refractivity contribution in [3.8, 4) is 5.69 Å². The minimum absolute atomic E-state index is 0.0233. The van der Waals surface area contributed by atoms with Gasteiger partial charge in [-0.3, -0.25) is 14.2 Å². The van der Waals surface area contributed by atoms with Gasteiger partial charge in [0.2, 0.25) is 5.91 Å². The van der Waals surface area contributed by atoms with Crippen LogP contribution in [0.25, 0.3) is 5.69 Å². The van der Waals surface area contributed by atoms with Gasteiger partial charge in [-0.1, -0.05) is 47.1 Å². The number of halogens is 1. The van der Waals surface area contributed by atoms with E-state index >= 15 is 0 Å². The van der Waals surface area contributed by atoms with Crippen molar-refractivity contribution in [2.45, 2.75) is 37.7 Å². The number of aryl methyl sites for hydroxylation is 1. The fourth-order valence-corrected chi connectivity index (χ4v) is 4.53. The van der Waals surface area contributed by atoms with Crippen molar-refractivity contribution in [3.63, 3.8) is 0 Å². The Bertz CT molecular complexity index is 1370. The van der Waals surface area contributed by atoms with Crippen LogP contribution >= 0.6 is 23.4 Å². The molecule has 0 spiro atoms. The van der Waals surface area contributed by atoms with Crippen molar-refractivity contribution in [2.75, 3.05) is 10.6 Å². The smallest absolute Gasteiger partial charge is 0.237 e.